The Morgan fingerprint density at radius 1 is 1.20 bits per heavy atom. The van der Waals surface area contributed by atoms with Crippen LogP contribution in [0, 0.1) is 0 Å². The van der Waals surface area contributed by atoms with E-state index in [0.29, 0.717) is 5.56 Å². The van der Waals surface area contributed by atoms with Crippen LogP contribution in [-0.4, -0.2) is 39.9 Å². The first-order chi connectivity index (χ1) is 14.7. The van der Waals surface area contributed by atoms with Gasteiger partial charge < -0.3 is 15.4 Å². The summed E-state index contributed by atoms with van der Waals surface area (Å²) in [6.45, 7) is 4.25. The summed E-state index contributed by atoms with van der Waals surface area (Å²) in [5.74, 6) is -0.0927. The molecule has 2 N–H and O–H groups in total. The maximum Gasteiger partial charge on any atom is 0.255 e. The second-order valence-electron chi connectivity index (χ2n) is 8.04. The van der Waals surface area contributed by atoms with Gasteiger partial charge in [0.1, 0.15) is 0 Å². The number of nitrogens with zero attached hydrogens (tertiary/aromatic N) is 3. The number of anilines is 1. The summed E-state index contributed by atoms with van der Waals surface area (Å²) in [6.07, 6.45) is 7.26. The Bertz CT molecular complexity index is 1070. The molecule has 1 aliphatic carbocycles. The van der Waals surface area contributed by atoms with E-state index in [0.717, 1.165) is 62.2 Å². The van der Waals surface area contributed by atoms with E-state index in [-0.39, 0.29) is 18.0 Å². The Morgan fingerprint density at radius 3 is 2.87 bits per heavy atom. The van der Waals surface area contributed by atoms with Crippen molar-refractivity contribution in [2.24, 2.45) is 0 Å². The van der Waals surface area contributed by atoms with Crippen LogP contribution in [0.3, 0.4) is 0 Å². The highest BCUT2D eigenvalue weighted by Crippen LogP contribution is 2.33. The molecule has 0 radical (unpaired) electrons. The Morgan fingerprint density at radius 2 is 2.03 bits per heavy atom. The van der Waals surface area contributed by atoms with Gasteiger partial charge in [0.05, 0.1) is 28.9 Å². The molecule has 1 amide bonds. The number of rotatable bonds is 5. The molecule has 5 rings (SSSR count). The number of carbonyl (C=O) groups is 1. The minimum absolute atomic E-state index is 0.0405. The highest BCUT2D eigenvalue weighted by molar-refractivity contribution is 6.06. The Kier molecular flexibility index (Phi) is 5.12. The molecule has 7 nitrogen and oxygen atoms in total. The summed E-state index contributed by atoms with van der Waals surface area (Å²) in [6, 6.07) is 8.66. The van der Waals surface area contributed by atoms with Crippen LogP contribution in [0.15, 0.2) is 36.7 Å². The molecule has 30 heavy (non-hydrogen) atoms. The van der Waals surface area contributed by atoms with Gasteiger partial charge in [0.25, 0.3) is 5.91 Å². The number of pyridine rings is 1. The minimum Gasteiger partial charge on any atom is -0.381 e. The van der Waals surface area contributed by atoms with Crippen LogP contribution in [0.5, 0.6) is 0 Å². The first kappa shape index (κ1) is 19.1. The van der Waals surface area contributed by atoms with Gasteiger partial charge in [-0.15, -0.1) is 0 Å². The number of aryl methyl sites for hydroxylation is 2. The molecule has 1 aromatic carbocycles. The standard InChI is InChI=1S/C23H27N5O2/c1-2-28-22-18(14-25-28)21(26-16-9-11-30-12-10-16)19(13-24-22)23(29)27-20-8-7-15-5-3-4-6-17(15)20/h3-6,13-14,16,20H,2,7-12H2,1H3,(H,24,26)(H,27,29)/t20-/m0/s1. The van der Waals surface area contributed by atoms with E-state index in [4.69, 9.17) is 4.74 Å². The number of ether oxygens (including phenoxy) is 1. The van der Waals surface area contributed by atoms with Crippen LogP contribution >= 0.6 is 0 Å². The van der Waals surface area contributed by atoms with Crippen molar-refractivity contribution in [3.8, 4) is 0 Å². The van der Waals surface area contributed by atoms with Crippen molar-refractivity contribution in [2.45, 2.75) is 51.2 Å². The van der Waals surface area contributed by atoms with Crippen molar-refractivity contribution in [2.75, 3.05) is 18.5 Å². The lowest BCUT2D eigenvalue weighted by Gasteiger charge is -2.26. The molecule has 3 heterocycles. The van der Waals surface area contributed by atoms with Crippen molar-refractivity contribution in [3.05, 3.63) is 53.3 Å². The molecular formula is C23H27N5O2. The summed E-state index contributed by atoms with van der Waals surface area (Å²) < 4.78 is 7.36. The fourth-order valence-corrected chi connectivity index (χ4v) is 4.57. The fourth-order valence-electron chi connectivity index (χ4n) is 4.57. The van der Waals surface area contributed by atoms with Crippen LogP contribution < -0.4 is 10.6 Å². The zero-order chi connectivity index (χ0) is 20.5. The minimum atomic E-state index is -0.0927. The van der Waals surface area contributed by atoms with Gasteiger partial charge in [-0.05, 0) is 43.7 Å². The third-order valence-corrected chi connectivity index (χ3v) is 6.22. The van der Waals surface area contributed by atoms with E-state index < -0.39 is 0 Å². The highest BCUT2D eigenvalue weighted by atomic mass is 16.5. The number of carbonyl (C=O) groups excluding carboxylic acids is 1. The third kappa shape index (κ3) is 3.43. The number of amides is 1. The number of benzene rings is 1. The van der Waals surface area contributed by atoms with Crippen LogP contribution in [0.4, 0.5) is 5.69 Å². The van der Waals surface area contributed by atoms with Gasteiger partial charge in [0, 0.05) is 32.0 Å². The molecule has 1 aliphatic heterocycles. The largest absolute Gasteiger partial charge is 0.381 e. The highest BCUT2D eigenvalue weighted by Gasteiger charge is 2.27. The molecule has 0 unspecified atom stereocenters. The maximum atomic E-state index is 13.3. The van der Waals surface area contributed by atoms with Crippen LogP contribution in [-0.2, 0) is 17.7 Å². The van der Waals surface area contributed by atoms with E-state index in [1.807, 2.05) is 23.9 Å². The van der Waals surface area contributed by atoms with Gasteiger partial charge in [0.15, 0.2) is 5.65 Å². The van der Waals surface area contributed by atoms with Crippen LogP contribution in [0.1, 0.15) is 53.7 Å². The molecule has 0 spiro atoms. The van der Waals surface area contributed by atoms with Crippen molar-refractivity contribution in [3.63, 3.8) is 0 Å². The van der Waals surface area contributed by atoms with Crippen molar-refractivity contribution >= 4 is 22.6 Å². The molecule has 1 saturated heterocycles. The molecule has 1 fully saturated rings. The molecule has 7 heteroatoms. The second kappa shape index (κ2) is 8.07. The van der Waals surface area contributed by atoms with E-state index >= 15 is 0 Å². The lowest BCUT2D eigenvalue weighted by molar-refractivity contribution is 0.0903. The van der Waals surface area contributed by atoms with Gasteiger partial charge in [-0.25, -0.2) is 9.67 Å². The zero-order valence-corrected chi connectivity index (χ0v) is 17.2. The van der Waals surface area contributed by atoms with Gasteiger partial charge in [-0.2, -0.15) is 5.10 Å². The SMILES string of the molecule is CCn1ncc2c(NC3CCOCC3)c(C(=O)N[C@H]3CCc4ccccc43)cnc21. The Hall–Kier alpha value is -2.93. The lowest BCUT2D eigenvalue weighted by atomic mass is 10.1. The molecular weight excluding hydrogens is 378 g/mol. The van der Waals surface area contributed by atoms with Crippen LogP contribution in [0.25, 0.3) is 11.0 Å². The molecule has 1 atom stereocenters. The topological polar surface area (TPSA) is 81.1 Å². The number of hydrogen-bond acceptors (Lipinski definition) is 5. The van der Waals surface area contributed by atoms with Gasteiger partial charge in [-0.1, -0.05) is 24.3 Å². The first-order valence-corrected chi connectivity index (χ1v) is 10.8. The average molecular weight is 406 g/mol. The van der Waals surface area contributed by atoms with E-state index in [1.165, 1.54) is 11.1 Å². The maximum absolute atomic E-state index is 13.3. The fraction of sp³-hybridized carbons (Fsp3) is 0.435. The van der Waals surface area contributed by atoms with Crippen LogP contribution in [0.2, 0.25) is 0 Å². The van der Waals surface area contributed by atoms with Crippen molar-refractivity contribution in [1.29, 1.82) is 0 Å². The molecule has 0 bridgehead atoms. The predicted molar refractivity (Wildman–Crippen MR) is 116 cm³/mol. The molecule has 156 valence electrons. The first-order valence-electron chi connectivity index (χ1n) is 10.8. The van der Waals surface area contributed by atoms with Gasteiger partial charge in [0.2, 0.25) is 0 Å². The molecule has 2 aromatic heterocycles. The number of fused-ring (bicyclic) bond motifs is 2. The number of hydrogen-bond donors (Lipinski definition) is 2. The molecule has 3 aromatic rings. The zero-order valence-electron chi connectivity index (χ0n) is 17.2. The van der Waals surface area contributed by atoms with Crippen molar-refractivity contribution < 1.29 is 9.53 Å². The summed E-state index contributed by atoms with van der Waals surface area (Å²) in [5.41, 5.74) is 4.75. The van der Waals surface area contributed by atoms with Gasteiger partial charge in [-0.3, -0.25) is 4.79 Å². The quantitative estimate of drug-likeness (QED) is 0.679. The Labute approximate surface area is 175 Å². The normalized spacial score (nSPS) is 19.0. The summed E-state index contributed by atoms with van der Waals surface area (Å²) in [7, 11) is 0. The van der Waals surface area contributed by atoms with Gasteiger partial charge >= 0.3 is 0 Å². The molecule has 0 saturated carbocycles. The number of aromatic nitrogens is 3. The summed E-state index contributed by atoms with van der Waals surface area (Å²) in [4.78, 5) is 17.9. The van der Waals surface area contributed by atoms with E-state index in [2.05, 4.69) is 38.9 Å². The number of nitrogens with one attached hydrogen (secondary N) is 2. The average Bonchev–Trinajstić information content (AvgIpc) is 3.39. The van der Waals surface area contributed by atoms with E-state index in [9.17, 15) is 4.79 Å². The lowest BCUT2D eigenvalue weighted by Crippen LogP contribution is -2.31. The monoisotopic (exact) mass is 405 g/mol. The summed E-state index contributed by atoms with van der Waals surface area (Å²) in [5, 5.41) is 12.2. The molecule has 2 aliphatic rings. The summed E-state index contributed by atoms with van der Waals surface area (Å²) >= 11 is 0. The third-order valence-electron chi connectivity index (χ3n) is 6.22. The van der Waals surface area contributed by atoms with E-state index in [1.54, 1.807) is 6.20 Å². The predicted octanol–water partition coefficient (Wildman–Crippen LogP) is 3.46. The second-order valence-corrected chi connectivity index (χ2v) is 8.04. The van der Waals surface area contributed by atoms with Crippen molar-refractivity contribution in [1.82, 2.24) is 20.1 Å². The Balaban J connectivity index is 1.48. The smallest absolute Gasteiger partial charge is 0.255 e.